The first-order valence-electron chi connectivity index (χ1n) is 2.74. The monoisotopic (exact) mass is 132 g/mol. The fourth-order valence-electron chi connectivity index (χ4n) is 0.726. The van der Waals surface area contributed by atoms with E-state index in [1.54, 1.807) is 0 Å². The van der Waals surface area contributed by atoms with E-state index in [4.69, 9.17) is 17.3 Å². The SMILES string of the molecule is NC1=NCCCC1Cl. The molecule has 0 radical (unpaired) electrons. The zero-order valence-corrected chi connectivity index (χ0v) is 5.36. The molecule has 1 aliphatic rings. The third-order valence-corrected chi connectivity index (χ3v) is 1.67. The molecule has 0 fully saturated rings. The summed E-state index contributed by atoms with van der Waals surface area (Å²) in [6, 6.07) is 0. The molecule has 0 aromatic heterocycles. The topological polar surface area (TPSA) is 38.4 Å². The van der Waals surface area contributed by atoms with Gasteiger partial charge in [-0.1, -0.05) is 0 Å². The van der Waals surface area contributed by atoms with Crippen molar-refractivity contribution in [2.45, 2.75) is 18.2 Å². The lowest BCUT2D eigenvalue weighted by Crippen LogP contribution is -2.27. The van der Waals surface area contributed by atoms with E-state index in [0.29, 0.717) is 5.84 Å². The molecule has 8 heavy (non-hydrogen) atoms. The highest BCUT2D eigenvalue weighted by Crippen LogP contribution is 2.09. The predicted molar refractivity (Wildman–Crippen MR) is 35.4 cm³/mol. The summed E-state index contributed by atoms with van der Waals surface area (Å²) in [5, 5.41) is 0.00347. The lowest BCUT2D eigenvalue weighted by atomic mass is 10.2. The Balaban J connectivity index is 2.53. The van der Waals surface area contributed by atoms with Crippen LogP contribution >= 0.6 is 11.6 Å². The highest BCUT2D eigenvalue weighted by molar-refractivity contribution is 6.31. The third kappa shape index (κ3) is 1.13. The molecule has 1 rings (SSSR count). The van der Waals surface area contributed by atoms with Crippen molar-refractivity contribution in [1.29, 1.82) is 0 Å². The van der Waals surface area contributed by atoms with Gasteiger partial charge in [-0.25, -0.2) is 0 Å². The molecule has 0 aromatic rings. The molecule has 0 saturated carbocycles. The van der Waals surface area contributed by atoms with E-state index >= 15 is 0 Å². The minimum atomic E-state index is 0.00347. The van der Waals surface area contributed by atoms with Crippen LogP contribution < -0.4 is 5.73 Å². The van der Waals surface area contributed by atoms with Crippen LogP contribution in [0.3, 0.4) is 0 Å². The number of hydrogen-bond acceptors (Lipinski definition) is 2. The maximum atomic E-state index is 5.71. The summed E-state index contributed by atoms with van der Waals surface area (Å²) in [6.07, 6.45) is 2.06. The van der Waals surface area contributed by atoms with Gasteiger partial charge < -0.3 is 5.73 Å². The van der Waals surface area contributed by atoms with Crippen LogP contribution in [0.1, 0.15) is 12.8 Å². The van der Waals surface area contributed by atoms with Gasteiger partial charge >= 0.3 is 0 Å². The standard InChI is InChI=1S/C5H9ClN2/c6-4-2-1-3-8-5(4)7/h4H,1-3H2,(H2,7,8). The quantitative estimate of drug-likeness (QED) is 0.486. The molecule has 46 valence electrons. The molecular weight excluding hydrogens is 124 g/mol. The maximum Gasteiger partial charge on any atom is 0.112 e. The van der Waals surface area contributed by atoms with E-state index in [0.717, 1.165) is 19.4 Å². The number of aliphatic imine (C=N–C) groups is 1. The van der Waals surface area contributed by atoms with Crippen LogP contribution in [0.25, 0.3) is 0 Å². The van der Waals surface area contributed by atoms with Crippen molar-refractivity contribution in [3.05, 3.63) is 0 Å². The van der Waals surface area contributed by atoms with E-state index in [-0.39, 0.29) is 5.38 Å². The van der Waals surface area contributed by atoms with Crippen molar-refractivity contribution in [2.24, 2.45) is 10.7 Å². The number of halogens is 1. The van der Waals surface area contributed by atoms with E-state index in [1.807, 2.05) is 0 Å². The summed E-state index contributed by atoms with van der Waals surface area (Å²) in [5.41, 5.74) is 5.40. The van der Waals surface area contributed by atoms with Gasteiger partial charge in [-0.2, -0.15) is 0 Å². The first-order valence-corrected chi connectivity index (χ1v) is 3.18. The molecule has 0 bridgehead atoms. The third-order valence-electron chi connectivity index (χ3n) is 1.23. The van der Waals surface area contributed by atoms with Gasteiger partial charge in [0.25, 0.3) is 0 Å². The fourth-order valence-corrected chi connectivity index (χ4v) is 0.949. The largest absolute Gasteiger partial charge is 0.386 e. The first kappa shape index (κ1) is 5.89. The van der Waals surface area contributed by atoms with Gasteiger partial charge in [-0.15, -0.1) is 11.6 Å². The molecular formula is C5H9ClN2. The van der Waals surface area contributed by atoms with E-state index in [9.17, 15) is 0 Å². The predicted octanol–water partition coefficient (Wildman–Crippen LogP) is 0.745. The van der Waals surface area contributed by atoms with Gasteiger partial charge in [0.05, 0.1) is 5.38 Å². The van der Waals surface area contributed by atoms with E-state index in [2.05, 4.69) is 4.99 Å². The van der Waals surface area contributed by atoms with Crippen LogP contribution in [0, 0.1) is 0 Å². The van der Waals surface area contributed by atoms with Crippen LogP contribution in [0.4, 0.5) is 0 Å². The summed E-state index contributed by atoms with van der Waals surface area (Å²) >= 11 is 5.71. The Kier molecular flexibility index (Phi) is 1.73. The van der Waals surface area contributed by atoms with Crippen molar-refractivity contribution in [3.63, 3.8) is 0 Å². The van der Waals surface area contributed by atoms with Crippen LogP contribution in [-0.2, 0) is 0 Å². The number of alkyl halides is 1. The van der Waals surface area contributed by atoms with Gasteiger partial charge in [0.2, 0.25) is 0 Å². The smallest absolute Gasteiger partial charge is 0.112 e. The lowest BCUT2D eigenvalue weighted by molar-refractivity contribution is 0.738. The molecule has 1 aliphatic heterocycles. The summed E-state index contributed by atoms with van der Waals surface area (Å²) in [6.45, 7) is 0.856. The zero-order valence-electron chi connectivity index (χ0n) is 4.60. The average molecular weight is 133 g/mol. The minimum Gasteiger partial charge on any atom is -0.386 e. The Labute approximate surface area is 53.7 Å². The van der Waals surface area contributed by atoms with Crippen LogP contribution in [0.15, 0.2) is 4.99 Å². The molecule has 0 aliphatic carbocycles. The molecule has 0 spiro atoms. The highest BCUT2D eigenvalue weighted by Gasteiger charge is 2.11. The number of rotatable bonds is 0. The Morgan fingerprint density at radius 3 is 2.88 bits per heavy atom. The fraction of sp³-hybridized carbons (Fsp3) is 0.800. The Bertz CT molecular complexity index is 111. The molecule has 2 N–H and O–H groups in total. The summed E-state index contributed by atoms with van der Waals surface area (Å²) < 4.78 is 0. The molecule has 3 heteroatoms. The molecule has 0 amide bonds. The van der Waals surface area contributed by atoms with Crippen molar-refractivity contribution in [2.75, 3.05) is 6.54 Å². The Hall–Kier alpha value is -0.240. The number of nitrogens with zero attached hydrogens (tertiary/aromatic N) is 1. The summed E-state index contributed by atoms with van der Waals surface area (Å²) in [7, 11) is 0. The molecule has 2 nitrogen and oxygen atoms in total. The number of nitrogens with two attached hydrogens (primary N) is 1. The second-order valence-electron chi connectivity index (χ2n) is 1.92. The molecule has 1 heterocycles. The van der Waals surface area contributed by atoms with Crippen molar-refractivity contribution >= 4 is 17.4 Å². The first-order chi connectivity index (χ1) is 3.80. The average Bonchev–Trinajstić information content (AvgIpc) is 1.77. The molecule has 1 atom stereocenters. The van der Waals surface area contributed by atoms with Crippen LogP contribution in [0.2, 0.25) is 0 Å². The Morgan fingerprint density at radius 2 is 2.50 bits per heavy atom. The molecule has 0 saturated heterocycles. The van der Waals surface area contributed by atoms with Gasteiger partial charge in [-0.05, 0) is 12.8 Å². The van der Waals surface area contributed by atoms with Crippen LogP contribution in [0.5, 0.6) is 0 Å². The van der Waals surface area contributed by atoms with Gasteiger partial charge in [0.15, 0.2) is 0 Å². The summed E-state index contributed by atoms with van der Waals surface area (Å²) in [4.78, 5) is 3.97. The molecule has 1 unspecified atom stereocenters. The van der Waals surface area contributed by atoms with Crippen molar-refractivity contribution < 1.29 is 0 Å². The zero-order chi connectivity index (χ0) is 5.98. The number of hydrogen-bond donors (Lipinski definition) is 1. The van der Waals surface area contributed by atoms with E-state index < -0.39 is 0 Å². The highest BCUT2D eigenvalue weighted by atomic mass is 35.5. The second kappa shape index (κ2) is 2.35. The van der Waals surface area contributed by atoms with Gasteiger partial charge in [0, 0.05) is 6.54 Å². The second-order valence-corrected chi connectivity index (χ2v) is 2.44. The summed E-state index contributed by atoms with van der Waals surface area (Å²) in [5.74, 6) is 0.609. The normalized spacial score (nSPS) is 29.6. The van der Waals surface area contributed by atoms with Gasteiger partial charge in [-0.3, -0.25) is 4.99 Å². The lowest BCUT2D eigenvalue weighted by Gasteiger charge is -2.12. The van der Waals surface area contributed by atoms with Gasteiger partial charge in [0.1, 0.15) is 5.84 Å². The minimum absolute atomic E-state index is 0.00347. The number of amidine groups is 1. The van der Waals surface area contributed by atoms with E-state index in [1.165, 1.54) is 0 Å². The van der Waals surface area contributed by atoms with Crippen molar-refractivity contribution in [3.8, 4) is 0 Å². The maximum absolute atomic E-state index is 5.71. The molecule has 0 aromatic carbocycles. The van der Waals surface area contributed by atoms with Crippen molar-refractivity contribution in [1.82, 2.24) is 0 Å². The van der Waals surface area contributed by atoms with Crippen LogP contribution in [-0.4, -0.2) is 17.8 Å². The Morgan fingerprint density at radius 1 is 1.75 bits per heavy atom.